The molecule has 9 nitrogen and oxygen atoms in total. The highest BCUT2D eigenvalue weighted by atomic mass is 32.2. The molecule has 0 aliphatic rings. The van der Waals surface area contributed by atoms with Crippen molar-refractivity contribution in [1.82, 2.24) is 10.2 Å². The summed E-state index contributed by atoms with van der Waals surface area (Å²) in [6.07, 6.45) is 0.347. The molecule has 0 bridgehead atoms. The standard InChI is InChI=1S/C31H39N3O6S/c1-6-29(31(36)32-20-23(2)3)33(21-24-12-16-26(39-4)17-13-24)30(35)22-34(25-14-18-27(40-5)19-15-25)41(37,38)28-10-8-7-9-11-28/h7-19,23,29H,6,20-22H2,1-5H3,(H,32,36)/t29-/m1/s1. The first kappa shape index (κ1) is 31.5. The molecule has 0 fully saturated rings. The third-order valence-electron chi connectivity index (χ3n) is 6.55. The number of rotatable bonds is 14. The molecule has 0 aliphatic carbocycles. The van der Waals surface area contributed by atoms with E-state index >= 15 is 0 Å². The molecular formula is C31H39N3O6S. The van der Waals surface area contributed by atoms with E-state index in [-0.39, 0.29) is 23.3 Å². The summed E-state index contributed by atoms with van der Waals surface area (Å²) in [7, 11) is -1.05. The molecule has 1 atom stereocenters. The van der Waals surface area contributed by atoms with Crippen LogP contribution in [0.3, 0.4) is 0 Å². The normalized spacial score (nSPS) is 12.0. The van der Waals surface area contributed by atoms with Crippen LogP contribution in [0.1, 0.15) is 32.8 Å². The van der Waals surface area contributed by atoms with E-state index in [1.54, 1.807) is 61.7 Å². The smallest absolute Gasteiger partial charge is 0.264 e. The molecule has 0 aromatic heterocycles. The Balaban J connectivity index is 2.03. The highest BCUT2D eigenvalue weighted by Crippen LogP contribution is 2.27. The van der Waals surface area contributed by atoms with Crippen molar-refractivity contribution in [3.8, 4) is 11.5 Å². The van der Waals surface area contributed by atoms with Gasteiger partial charge in [0.1, 0.15) is 24.1 Å². The first-order chi connectivity index (χ1) is 19.6. The first-order valence-corrected chi connectivity index (χ1v) is 15.0. The van der Waals surface area contributed by atoms with Crippen LogP contribution in [0, 0.1) is 5.92 Å². The predicted octanol–water partition coefficient (Wildman–Crippen LogP) is 4.48. The summed E-state index contributed by atoms with van der Waals surface area (Å²) in [5, 5.41) is 2.93. The third-order valence-corrected chi connectivity index (χ3v) is 8.34. The maximum atomic E-state index is 14.1. The summed E-state index contributed by atoms with van der Waals surface area (Å²) >= 11 is 0. The van der Waals surface area contributed by atoms with Crippen LogP contribution in [-0.2, 0) is 26.2 Å². The Morgan fingerprint density at radius 2 is 1.41 bits per heavy atom. The topological polar surface area (TPSA) is 105 Å². The van der Waals surface area contributed by atoms with Gasteiger partial charge in [0.25, 0.3) is 10.0 Å². The Bertz CT molecular complexity index is 1380. The SMILES string of the molecule is CC[C@H](C(=O)NCC(C)C)N(Cc1ccc(OC)cc1)C(=O)CN(c1ccc(OC)cc1)S(=O)(=O)c1ccccc1. The monoisotopic (exact) mass is 581 g/mol. The van der Waals surface area contributed by atoms with Crippen molar-refractivity contribution in [2.45, 2.75) is 44.7 Å². The summed E-state index contributed by atoms with van der Waals surface area (Å²) in [6.45, 7) is 5.87. The molecule has 10 heteroatoms. The van der Waals surface area contributed by atoms with E-state index in [2.05, 4.69) is 5.32 Å². The van der Waals surface area contributed by atoms with Crippen LogP contribution in [0.2, 0.25) is 0 Å². The van der Waals surface area contributed by atoms with Gasteiger partial charge in [-0.3, -0.25) is 13.9 Å². The van der Waals surface area contributed by atoms with E-state index in [1.165, 1.54) is 24.1 Å². The maximum absolute atomic E-state index is 14.1. The second-order valence-electron chi connectivity index (χ2n) is 9.96. The molecule has 41 heavy (non-hydrogen) atoms. The first-order valence-electron chi connectivity index (χ1n) is 13.5. The molecule has 0 aliphatic heterocycles. The number of nitrogens with zero attached hydrogens (tertiary/aromatic N) is 2. The summed E-state index contributed by atoms with van der Waals surface area (Å²) in [5.41, 5.74) is 1.07. The zero-order chi connectivity index (χ0) is 30.0. The van der Waals surface area contributed by atoms with E-state index in [0.29, 0.717) is 30.2 Å². The van der Waals surface area contributed by atoms with Gasteiger partial charge in [-0.1, -0.05) is 51.1 Å². The zero-order valence-electron chi connectivity index (χ0n) is 24.2. The molecule has 2 amide bonds. The number of methoxy groups -OCH3 is 2. The van der Waals surface area contributed by atoms with Gasteiger partial charge in [0.05, 0.1) is 24.8 Å². The fraction of sp³-hybridized carbons (Fsp3) is 0.355. The Morgan fingerprint density at radius 1 is 0.854 bits per heavy atom. The maximum Gasteiger partial charge on any atom is 0.264 e. The van der Waals surface area contributed by atoms with Gasteiger partial charge in [0.15, 0.2) is 0 Å². The highest BCUT2D eigenvalue weighted by molar-refractivity contribution is 7.92. The summed E-state index contributed by atoms with van der Waals surface area (Å²) < 4.78 is 39.3. The average Bonchev–Trinajstić information content (AvgIpc) is 2.99. The van der Waals surface area contributed by atoms with E-state index < -0.39 is 28.5 Å². The molecule has 0 saturated carbocycles. The summed E-state index contributed by atoms with van der Waals surface area (Å²) in [5.74, 6) is 0.635. The van der Waals surface area contributed by atoms with Gasteiger partial charge in [0.2, 0.25) is 11.8 Å². The Labute approximate surface area is 243 Å². The van der Waals surface area contributed by atoms with Crippen LogP contribution in [0.25, 0.3) is 0 Å². The fourth-order valence-corrected chi connectivity index (χ4v) is 5.70. The zero-order valence-corrected chi connectivity index (χ0v) is 25.1. The molecule has 0 spiro atoms. The molecule has 0 unspecified atom stereocenters. The number of hydrogen-bond acceptors (Lipinski definition) is 6. The number of hydrogen-bond donors (Lipinski definition) is 1. The molecule has 3 rings (SSSR count). The number of anilines is 1. The van der Waals surface area contributed by atoms with E-state index in [4.69, 9.17) is 9.47 Å². The largest absolute Gasteiger partial charge is 0.497 e. The third kappa shape index (κ3) is 8.23. The van der Waals surface area contributed by atoms with Crippen molar-refractivity contribution in [1.29, 1.82) is 0 Å². The van der Waals surface area contributed by atoms with Crippen molar-refractivity contribution in [3.63, 3.8) is 0 Å². The van der Waals surface area contributed by atoms with Crippen LogP contribution in [0.4, 0.5) is 5.69 Å². The number of ether oxygens (including phenoxy) is 2. The van der Waals surface area contributed by atoms with Crippen molar-refractivity contribution >= 4 is 27.5 Å². The molecule has 3 aromatic carbocycles. The van der Waals surface area contributed by atoms with E-state index in [0.717, 1.165) is 9.87 Å². The van der Waals surface area contributed by atoms with Crippen LogP contribution in [-0.4, -0.2) is 58.5 Å². The minimum Gasteiger partial charge on any atom is -0.497 e. The summed E-state index contributed by atoms with van der Waals surface area (Å²) in [6, 6.07) is 20.8. The van der Waals surface area contributed by atoms with Crippen LogP contribution in [0.5, 0.6) is 11.5 Å². The second kappa shape index (κ2) is 14.5. The molecule has 0 radical (unpaired) electrons. The number of amides is 2. The van der Waals surface area contributed by atoms with E-state index in [9.17, 15) is 18.0 Å². The Kier molecular flexibility index (Phi) is 11.2. The van der Waals surface area contributed by atoms with Crippen LogP contribution >= 0.6 is 0 Å². The van der Waals surface area contributed by atoms with Crippen molar-refractivity contribution in [3.05, 3.63) is 84.4 Å². The minimum absolute atomic E-state index is 0.0482. The molecular weight excluding hydrogens is 542 g/mol. The number of carbonyl (C=O) groups excluding carboxylic acids is 2. The lowest BCUT2D eigenvalue weighted by molar-refractivity contribution is -0.140. The van der Waals surface area contributed by atoms with Crippen LogP contribution < -0.4 is 19.1 Å². The molecule has 0 heterocycles. The molecule has 220 valence electrons. The van der Waals surface area contributed by atoms with E-state index in [1.807, 2.05) is 32.9 Å². The van der Waals surface area contributed by atoms with Gasteiger partial charge in [-0.05, 0) is 66.4 Å². The molecule has 0 saturated heterocycles. The van der Waals surface area contributed by atoms with Crippen molar-refractivity contribution in [2.75, 3.05) is 31.6 Å². The molecule has 3 aromatic rings. The number of carbonyl (C=O) groups is 2. The van der Waals surface area contributed by atoms with Gasteiger partial charge in [0, 0.05) is 13.1 Å². The Morgan fingerprint density at radius 3 is 1.93 bits per heavy atom. The predicted molar refractivity (Wildman–Crippen MR) is 159 cm³/mol. The number of nitrogens with one attached hydrogen (secondary N) is 1. The Hall–Kier alpha value is -4.05. The lowest BCUT2D eigenvalue weighted by Gasteiger charge is -2.33. The lowest BCUT2D eigenvalue weighted by Crippen LogP contribution is -2.52. The number of sulfonamides is 1. The summed E-state index contributed by atoms with van der Waals surface area (Å²) in [4.78, 5) is 28.9. The van der Waals surface area contributed by atoms with Crippen molar-refractivity contribution < 1.29 is 27.5 Å². The molecule has 1 N–H and O–H groups in total. The highest BCUT2D eigenvalue weighted by Gasteiger charge is 2.33. The minimum atomic E-state index is -4.13. The quantitative estimate of drug-likeness (QED) is 0.301. The average molecular weight is 582 g/mol. The van der Waals surface area contributed by atoms with Gasteiger partial charge < -0.3 is 19.7 Å². The van der Waals surface area contributed by atoms with Crippen molar-refractivity contribution in [2.24, 2.45) is 5.92 Å². The van der Waals surface area contributed by atoms with Gasteiger partial charge in [-0.15, -0.1) is 0 Å². The fourth-order valence-electron chi connectivity index (χ4n) is 4.27. The lowest BCUT2D eigenvalue weighted by atomic mass is 10.1. The van der Waals surface area contributed by atoms with Crippen LogP contribution in [0.15, 0.2) is 83.8 Å². The number of benzene rings is 3. The second-order valence-corrected chi connectivity index (χ2v) is 11.8. The van der Waals surface area contributed by atoms with Gasteiger partial charge in [-0.25, -0.2) is 8.42 Å². The van der Waals surface area contributed by atoms with Gasteiger partial charge in [-0.2, -0.15) is 0 Å². The van der Waals surface area contributed by atoms with Gasteiger partial charge >= 0.3 is 0 Å².